The zero-order valence-corrected chi connectivity index (χ0v) is 13.6. The molecule has 1 N–H and O–H groups in total. The van der Waals surface area contributed by atoms with Gasteiger partial charge in [-0.25, -0.2) is 0 Å². The van der Waals surface area contributed by atoms with Gasteiger partial charge in [0.05, 0.1) is 7.11 Å². The van der Waals surface area contributed by atoms with Crippen LogP contribution in [0.3, 0.4) is 0 Å². The molecular formula is C17H30N2O2. The van der Waals surface area contributed by atoms with E-state index in [2.05, 4.69) is 17.3 Å². The highest BCUT2D eigenvalue weighted by atomic mass is 16.5. The molecular weight excluding hydrogens is 264 g/mol. The average Bonchev–Trinajstić information content (AvgIpc) is 3.15. The van der Waals surface area contributed by atoms with E-state index in [0.717, 1.165) is 25.3 Å². The molecule has 2 atom stereocenters. The van der Waals surface area contributed by atoms with Gasteiger partial charge < -0.3 is 9.64 Å². The Bertz CT molecular complexity index is 377. The van der Waals surface area contributed by atoms with Crippen LogP contribution in [0.2, 0.25) is 0 Å². The van der Waals surface area contributed by atoms with E-state index in [1.165, 1.54) is 52.1 Å². The molecule has 0 aromatic heterocycles. The first-order chi connectivity index (χ1) is 10.1. The van der Waals surface area contributed by atoms with Gasteiger partial charge in [-0.1, -0.05) is 12.8 Å². The summed E-state index contributed by atoms with van der Waals surface area (Å²) in [7, 11) is 3.80. The van der Waals surface area contributed by atoms with Gasteiger partial charge in [0.1, 0.15) is 5.54 Å². The van der Waals surface area contributed by atoms with Crippen molar-refractivity contribution in [2.45, 2.75) is 87.9 Å². The Kier molecular flexibility index (Phi) is 4.55. The summed E-state index contributed by atoms with van der Waals surface area (Å²) in [5.74, 6) is -0.0427. The molecule has 2 unspecified atom stereocenters. The van der Waals surface area contributed by atoms with E-state index < -0.39 is 5.54 Å². The monoisotopic (exact) mass is 294 g/mol. The number of hydrogen-bond donors (Lipinski definition) is 1. The molecule has 120 valence electrons. The highest BCUT2D eigenvalue weighted by molar-refractivity contribution is 5.81. The highest BCUT2D eigenvalue weighted by Crippen LogP contribution is 2.37. The van der Waals surface area contributed by atoms with Crippen LogP contribution in [-0.4, -0.2) is 48.7 Å². The van der Waals surface area contributed by atoms with Gasteiger partial charge in [-0.05, 0) is 58.4 Å². The van der Waals surface area contributed by atoms with Gasteiger partial charge in [-0.15, -0.1) is 0 Å². The molecule has 0 amide bonds. The van der Waals surface area contributed by atoms with Crippen LogP contribution in [0.4, 0.5) is 0 Å². The quantitative estimate of drug-likeness (QED) is 0.791. The molecule has 0 radical (unpaired) electrons. The average molecular weight is 294 g/mol. The molecule has 0 bridgehead atoms. The van der Waals surface area contributed by atoms with E-state index >= 15 is 0 Å². The zero-order chi connectivity index (χ0) is 14.9. The second-order valence-electron chi connectivity index (χ2n) is 7.35. The van der Waals surface area contributed by atoms with Crippen molar-refractivity contribution < 1.29 is 9.53 Å². The number of ether oxygens (including phenoxy) is 1. The van der Waals surface area contributed by atoms with Gasteiger partial charge in [-0.2, -0.15) is 0 Å². The molecule has 4 nitrogen and oxygen atoms in total. The summed E-state index contributed by atoms with van der Waals surface area (Å²) in [5, 5.41) is 3.63. The second-order valence-corrected chi connectivity index (χ2v) is 7.35. The van der Waals surface area contributed by atoms with Crippen molar-refractivity contribution in [1.29, 1.82) is 0 Å². The summed E-state index contributed by atoms with van der Waals surface area (Å²) in [6.45, 7) is 0. The fourth-order valence-corrected chi connectivity index (χ4v) is 4.39. The Morgan fingerprint density at radius 2 is 1.76 bits per heavy atom. The molecule has 3 aliphatic rings. The molecule has 3 rings (SSSR count). The predicted octanol–water partition coefficient (Wildman–Crippen LogP) is 2.47. The smallest absolute Gasteiger partial charge is 0.326 e. The number of methoxy groups -OCH3 is 1. The molecule has 21 heavy (non-hydrogen) atoms. The molecule has 4 heteroatoms. The van der Waals surface area contributed by atoms with Crippen LogP contribution >= 0.6 is 0 Å². The fraction of sp³-hybridized carbons (Fsp3) is 0.941. The summed E-state index contributed by atoms with van der Waals surface area (Å²) in [5.41, 5.74) is -0.425. The van der Waals surface area contributed by atoms with Crippen molar-refractivity contribution in [3.8, 4) is 0 Å². The number of esters is 1. The summed E-state index contributed by atoms with van der Waals surface area (Å²) in [6.07, 6.45) is 12.0. The Morgan fingerprint density at radius 3 is 2.38 bits per heavy atom. The highest BCUT2D eigenvalue weighted by Gasteiger charge is 2.47. The SMILES string of the molecule is COC(=O)C1(NC2CC2)CCCC(N(C)C2CCCC2)C1. The lowest BCUT2D eigenvalue weighted by molar-refractivity contribution is -0.151. The molecule has 0 saturated heterocycles. The van der Waals surface area contributed by atoms with Gasteiger partial charge in [0, 0.05) is 18.1 Å². The van der Waals surface area contributed by atoms with Crippen molar-refractivity contribution in [2.24, 2.45) is 0 Å². The maximum Gasteiger partial charge on any atom is 0.326 e. The third kappa shape index (κ3) is 3.26. The maximum atomic E-state index is 12.4. The molecule has 0 heterocycles. The van der Waals surface area contributed by atoms with Crippen molar-refractivity contribution >= 4 is 5.97 Å². The topological polar surface area (TPSA) is 41.6 Å². The van der Waals surface area contributed by atoms with Crippen LogP contribution in [0.1, 0.15) is 64.2 Å². The summed E-state index contributed by atoms with van der Waals surface area (Å²) in [6, 6.07) is 1.79. The van der Waals surface area contributed by atoms with Crippen LogP contribution in [0.15, 0.2) is 0 Å². The van der Waals surface area contributed by atoms with E-state index in [-0.39, 0.29) is 5.97 Å². The maximum absolute atomic E-state index is 12.4. The molecule has 3 aliphatic carbocycles. The van der Waals surface area contributed by atoms with Gasteiger partial charge in [0.25, 0.3) is 0 Å². The third-order valence-corrected chi connectivity index (χ3v) is 5.84. The van der Waals surface area contributed by atoms with E-state index in [1.54, 1.807) is 0 Å². The van der Waals surface area contributed by atoms with Crippen LogP contribution < -0.4 is 5.32 Å². The van der Waals surface area contributed by atoms with Gasteiger partial charge in [0.15, 0.2) is 0 Å². The van der Waals surface area contributed by atoms with Crippen LogP contribution in [0.25, 0.3) is 0 Å². The van der Waals surface area contributed by atoms with Crippen molar-refractivity contribution in [3.05, 3.63) is 0 Å². The van der Waals surface area contributed by atoms with E-state index in [4.69, 9.17) is 4.74 Å². The fourth-order valence-electron chi connectivity index (χ4n) is 4.39. The van der Waals surface area contributed by atoms with E-state index in [0.29, 0.717) is 12.1 Å². The number of carbonyl (C=O) groups is 1. The summed E-state index contributed by atoms with van der Waals surface area (Å²) in [4.78, 5) is 15.0. The Morgan fingerprint density at radius 1 is 1.10 bits per heavy atom. The first-order valence-electron chi connectivity index (χ1n) is 8.73. The van der Waals surface area contributed by atoms with Crippen LogP contribution in [0.5, 0.6) is 0 Å². The lowest BCUT2D eigenvalue weighted by atomic mass is 9.77. The normalized spacial score (nSPS) is 34.3. The molecule has 3 saturated carbocycles. The number of carbonyl (C=O) groups excluding carboxylic acids is 1. The minimum atomic E-state index is -0.425. The molecule has 0 aromatic rings. The minimum Gasteiger partial charge on any atom is -0.468 e. The third-order valence-electron chi connectivity index (χ3n) is 5.84. The Balaban J connectivity index is 1.70. The molecule has 0 spiro atoms. The zero-order valence-electron chi connectivity index (χ0n) is 13.6. The number of rotatable bonds is 5. The van der Waals surface area contributed by atoms with Gasteiger partial charge >= 0.3 is 5.97 Å². The van der Waals surface area contributed by atoms with Crippen molar-refractivity contribution in [2.75, 3.05) is 14.2 Å². The van der Waals surface area contributed by atoms with Gasteiger partial charge in [0.2, 0.25) is 0 Å². The number of hydrogen-bond acceptors (Lipinski definition) is 4. The number of nitrogens with zero attached hydrogens (tertiary/aromatic N) is 1. The Labute approximate surface area is 128 Å². The van der Waals surface area contributed by atoms with E-state index in [1.807, 2.05) is 0 Å². The molecule has 0 aromatic carbocycles. The number of nitrogens with one attached hydrogen (secondary N) is 1. The summed E-state index contributed by atoms with van der Waals surface area (Å²) < 4.78 is 5.16. The van der Waals surface area contributed by atoms with Gasteiger partial charge in [-0.3, -0.25) is 10.1 Å². The van der Waals surface area contributed by atoms with Crippen LogP contribution in [0, 0.1) is 0 Å². The first kappa shape index (κ1) is 15.3. The lowest BCUT2D eigenvalue weighted by Gasteiger charge is -2.44. The first-order valence-corrected chi connectivity index (χ1v) is 8.73. The predicted molar refractivity (Wildman–Crippen MR) is 83.2 cm³/mol. The summed E-state index contributed by atoms with van der Waals surface area (Å²) >= 11 is 0. The minimum absolute atomic E-state index is 0.0427. The van der Waals surface area contributed by atoms with Crippen molar-refractivity contribution in [3.63, 3.8) is 0 Å². The standard InChI is InChI=1S/C17H30N2O2/c1-19(14-6-3-4-7-14)15-8-5-11-17(12-15,16(20)21-2)18-13-9-10-13/h13-15,18H,3-12H2,1-2H3. The molecule has 3 fully saturated rings. The lowest BCUT2D eigenvalue weighted by Crippen LogP contribution is -2.59. The van der Waals surface area contributed by atoms with E-state index in [9.17, 15) is 4.79 Å². The molecule has 0 aliphatic heterocycles. The van der Waals surface area contributed by atoms with Crippen molar-refractivity contribution in [1.82, 2.24) is 10.2 Å². The van der Waals surface area contributed by atoms with Crippen LogP contribution in [-0.2, 0) is 9.53 Å². The largest absolute Gasteiger partial charge is 0.468 e. The second kappa shape index (κ2) is 6.25. The Hall–Kier alpha value is -0.610.